The van der Waals surface area contributed by atoms with Gasteiger partial charge in [-0.15, -0.1) is 24.4 Å². The van der Waals surface area contributed by atoms with E-state index in [2.05, 4.69) is 206 Å². The van der Waals surface area contributed by atoms with E-state index >= 15 is 0 Å². The number of methoxy groups -OCH3 is 2. The number of hydrogen-bond acceptors (Lipinski definition) is 15. The summed E-state index contributed by atoms with van der Waals surface area (Å²) < 4.78 is 9.31. The first-order valence-electron chi connectivity index (χ1n) is 44.8. The van der Waals surface area contributed by atoms with E-state index in [0.717, 1.165) is 144 Å². The summed E-state index contributed by atoms with van der Waals surface area (Å²) in [4.78, 5) is 52.2. The number of hydroxylamine groups is 2. The molecule has 0 aromatic heterocycles. The SMILES string of the molecule is C#CC(C)(C)Cl.C#CC(C)(C)Nc1ccc(Cl)cc1.CC1(C)C=Cc2cc(Cl)ccc2N1.CC1(C)CCc2cc(Cl)ccc2N1.CC1(C)CCc2cc(Cl)ccc2N1Cc1ccc(C(=O)NO)cc1.CC1(C)CCc2cc(Cl)ccc2N1Cc1ccc(C(=O)NO)cc1.COC(=O)c1ccc(CBr)cc1.COC(=O)c1ccc(CN2c3ccc(Cl)cc3CCC2(C)C)cc1.Nc1ccc(Cl)cc1.[Cl][Cu]. The predicted octanol–water partition coefficient (Wildman–Crippen LogP) is 30.1. The van der Waals surface area contributed by atoms with Gasteiger partial charge in [0.25, 0.3) is 11.8 Å². The van der Waals surface area contributed by atoms with Crippen LogP contribution in [-0.2, 0) is 75.2 Å². The number of hydrogen-bond donors (Lipinski definition) is 8. The maximum atomic E-state index is 11.6. The Hall–Kier alpha value is -9.71. The summed E-state index contributed by atoms with van der Waals surface area (Å²) in [5, 5.41) is 33.7. The quantitative estimate of drug-likeness (QED) is 0.0102. The Kier molecular flexibility index (Phi) is 45.1. The third-order valence-corrected chi connectivity index (χ3v) is 25.8. The molecule has 11 aromatic carbocycles. The van der Waals surface area contributed by atoms with Crippen molar-refractivity contribution in [1.29, 1.82) is 0 Å². The number of halogens is 10. The first-order chi connectivity index (χ1) is 65.5. The average molecular weight is 2170 g/mol. The molecule has 0 radical (unpaired) electrons. The average Bonchev–Trinajstić information content (AvgIpc) is 0.773. The molecule has 0 saturated heterocycles. The molecule has 5 aliphatic heterocycles. The zero-order valence-electron chi connectivity index (χ0n) is 81.2. The molecular weight excluding hydrogens is 2050 g/mol. The summed E-state index contributed by atoms with van der Waals surface area (Å²) in [6.07, 6.45) is 23.1. The Bertz CT molecular complexity index is 5680. The van der Waals surface area contributed by atoms with E-state index in [9.17, 15) is 19.2 Å². The van der Waals surface area contributed by atoms with Crippen LogP contribution >= 0.6 is 119 Å². The Morgan fingerprint density at radius 2 is 0.755 bits per heavy atom. The van der Waals surface area contributed by atoms with Crippen LogP contribution in [0.15, 0.2) is 243 Å². The second kappa shape index (κ2) is 53.9. The van der Waals surface area contributed by atoms with Gasteiger partial charge in [-0.25, -0.2) is 20.5 Å². The second-order valence-corrected chi connectivity index (χ2v) is 42.2. The number of anilines is 7. The molecule has 139 heavy (non-hydrogen) atoms. The normalized spacial score (nSPS) is 14.4. The number of nitrogen functional groups attached to an aromatic ring is 1. The van der Waals surface area contributed by atoms with Gasteiger partial charge in [0, 0.05) is 133 Å². The number of terminal acetylenes is 2. The van der Waals surface area contributed by atoms with Gasteiger partial charge < -0.3 is 45.9 Å². The Labute approximate surface area is 882 Å². The number of alkyl halides is 2. The van der Waals surface area contributed by atoms with Crippen LogP contribution in [0.5, 0.6) is 0 Å². The molecule has 0 fully saturated rings. The molecule has 742 valence electrons. The molecule has 0 atom stereocenters. The number of aryl methyl sites for hydroxylation is 4. The molecule has 0 saturated carbocycles. The van der Waals surface area contributed by atoms with Gasteiger partial charge in [-0.05, 0) is 386 Å². The van der Waals surface area contributed by atoms with Crippen LogP contribution < -0.4 is 47.3 Å². The second-order valence-electron chi connectivity index (χ2n) is 37.6. The molecule has 28 heteroatoms. The van der Waals surface area contributed by atoms with Crippen molar-refractivity contribution in [3.8, 4) is 24.7 Å². The van der Waals surface area contributed by atoms with Crippen LogP contribution in [0, 0.1) is 24.7 Å². The minimum atomic E-state index is -0.500. The summed E-state index contributed by atoms with van der Waals surface area (Å²) in [5.74, 6) is 3.43. The number of carbonyl (C=O) groups is 4. The number of nitrogens with two attached hydrogens (primary N) is 1. The molecular formula is C111H124BrCl9CuN9O8. The molecule has 2 amide bonds. The zero-order valence-corrected chi connectivity index (χ0v) is 90.5. The van der Waals surface area contributed by atoms with Gasteiger partial charge in [0.2, 0.25) is 0 Å². The summed E-state index contributed by atoms with van der Waals surface area (Å²) >= 11 is 54.0. The summed E-state index contributed by atoms with van der Waals surface area (Å²) in [6, 6.07) is 74.2. The van der Waals surface area contributed by atoms with Crippen molar-refractivity contribution >= 4 is 188 Å². The number of ether oxygens (including phenoxy) is 2. The summed E-state index contributed by atoms with van der Waals surface area (Å²) in [7, 11) is 6.97. The van der Waals surface area contributed by atoms with Gasteiger partial charge in [-0.2, -0.15) is 0 Å². The standard InChI is InChI=1S/C20H22ClNO2.2C19H21ClN2O2.C11H14ClN.2C11H12ClN.C9H9BrO2.C6H6ClN.C5H7Cl.ClH.Cu/c1-20(2)11-10-16-12-17(21)8-9-18(16)22(20)13-14-4-6-15(7-5-14)19(23)24-3;2*1-19(2)10-9-15-11-16(20)7-8-17(15)22(19)12-13-3-5-14(6-4-13)18(23)21-24;2*1-11(2)6-5-8-7-9(12)3-4-10(8)13-11;1-4-11(2,3)13-10-7-5-9(12)6-8-10;1-12-9(11)8-4-2-7(6-10)3-5-8;7-5-1-3-6(8)4-2-5;1-4-5(2,3)6;;/h4-9,12H,10-11,13H2,1-3H3;2*3-8,11,24H,9-10,12H2,1-2H3,(H,21,23);3-4,7,13H,5-6H2,1-2H3;3-7,13H,1-2H3;1,5-8,13H,2-3H3;2-5H,6H2,1H3;1-4H,8H2;1H,2-3H3;1H;/q;;;;;;;;;;+1/p-1. The van der Waals surface area contributed by atoms with Crippen LogP contribution in [0.4, 0.5) is 39.8 Å². The number of rotatable bonds is 13. The number of carbonyl (C=O) groups excluding carboxylic acids is 4. The molecule has 16 rings (SSSR count). The number of benzene rings is 11. The molecule has 9 N–H and O–H groups in total. The number of esters is 2. The van der Waals surface area contributed by atoms with Crippen molar-refractivity contribution in [3.05, 3.63) is 350 Å². The summed E-state index contributed by atoms with van der Waals surface area (Å²) in [6.45, 7) is 32.0. The van der Waals surface area contributed by atoms with Gasteiger partial charge in [-0.3, -0.25) is 20.0 Å². The number of fused-ring (bicyclic) bond motifs is 5. The Morgan fingerprint density at radius 3 is 1.09 bits per heavy atom. The molecule has 0 spiro atoms. The first kappa shape index (κ1) is 116. The van der Waals surface area contributed by atoms with Crippen LogP contribution in [0.1, 0.15) is 214 Å². The van der Waals surface area contributed by atoms with Crippen molar-refractivity contribution in [1.82, 2.24) is 11.0 Å². The fourth-order valence-corrected chi connectivity index (χ4v) is 16.8. The van der Waals surface area contributed by atoms with E-state index in [0.29, 0.717) is 22.3 Å². The third kappa shape index (κ3) is 37.3. The molecule has 0 aliphatic carbocycles. The van der Waals surface area contributed by atoms with Gasteiger partial charge in [0.15, 0.2) is 0 Å². The van der Waals surface area contributed by atoms with E-state index < -0.39 is 16.7 Å². The molecule has 11 aromatic rings. The van der Waals surface area contributed by atoms with Gasteiger partial charge in [0.05, 0.1) is 41.3 Å². The van der Waals surface area contributed by atoms with E-state index in [1.807, 2.05) is 153 Å². The third-order valence-electron chi connectivity index (χ3n) is 23.4. The minimum absolute atomic E-state index is 0.0425. The topological polar surface area (TPSA) is 223 Å². The fraction of sp³-hybridized carbons (Fsp3) is 0.315. The summed E-state index contributed by atoms with van der Waals surface area (Å²) in [5.41, 5.74) is 29.5. The van der Waals surface area contributed by atoms with Crippen LogP contribution in [0.25, 0.3) is 6.08 Å². The zero-order chi connectivity index (χ0) is 103. The van der Waals surface area contributed by atoms with Gasteiger partial charge in [0.1, 0.15) is 0 Å². The van der Waals surface area contributed by atoms with Crippen molar-refractivity contribution < 1.29 is 54.2 Å². The van der Waals surface area contributed by atoms with E-state index in [4.69, 9.17) is 127 Å². The maximum absolute atomic E-state index is 11.6. The van der Waals surface area contributed by atoms with E-state index in [-0.39, 0.29) is 45.2 Å². The van der Waals surface area contributed by atoms with E-state index in [1.165, 1.54) is 71.2 Å². The molecule has 0 bridgehead atoms. The van der Waals surface area contributed by atoms with Gasteiger partial charge in [-0.1, -0.05) is 170 Å². The molecule has 5 aliphatic rings. The first-order valence-corrected chi connectivity index (χ1v) is 50.3. The Morgan fingerprint density at radius 1 is 0.439 bits per heavy atom. The van der Waals surface area contributed by atoms with Crippen molar-refractivity contribution in [2.75, 3.05) is 50.6 Å². The fourth-order valence-electron chi connectivity index (χ4n) is 15.2. The molecule has 0 unspecified atom stereocenters. The number of nitrogens with one attached hydrogen (secondary N) is 5. The molecule has 17 nitrogen and oxygen atoms in total. The number of nitrogens with zero attached hydrogens (tertiary/aromatic N) is 3. The van der Waals surface area contributed by atoms with Gasteiger partial charge >= 0.3 is 37.1 Å². The monoisotopic (exact) mass is 2170 g/mol. The Balaban J connectivity index is 0.000000218. The predicted molar refractivity (Wildman–Crippen MR) is 584 cm³/mol. The number of amides is 2. The van der Waals surface area contributed by atoms with Crippen molar-refractivity contribution in [2.24, 2.45) is 0 Å². The van der Waals surface area contributed by atoms with Crippen LogP contribution in [0.2, 0.25) is 35.2 Å². The molecule has 5 heterocycles. The van der Waals surface area contributed by atoms with Crippen LogP contribution in [0.3, 0.4) is 0 Å². The van der Waals surface area contributed by atoms with Crippen molar-refractivity contribution in [3.63, 3.8) is 0 Å². The van der Waals surface area contributed by atoms with E-state index in [1.54, 1.807) is 85.5 Å². The van der Waals surface area contributed by atoms with Crippen LogP contribution in [-0.4, -0.2) is 86.5 Å². The van der Waals surface area contributed by atoms with Crippen molar-refractivity contribution in [2.45, 2.75) is 211 Å².